The van der Waals surface area contributed by atoms with Crippen LogP contribution in [-0.2, 0) is 26.2 Å². The number of ketones is 1. The second kappa shape index (κ2) is 8.40. The maximum absolute atomic E-state index is 12.5. The number of likely N-dealkylation sites (N-methyl/N-ethyl adjacent to an activating group) is 1. The Bertz CT molecular complexity index is 918. The van der Waals surface area contributed by atoms with Gasteiger partial charge in [0, 0.05) is 18.5 Å². The van der Waals surface area contributed by atoms with Crippen LogP contribution in [0, 0.1) is 0 Å². The lowest BCUT2D eigenvalue weighted by Crippen LogP contribution is -2.33. The molecule has 0 saturated heterocycles. The number of hydrogen-bond donors (Lipinski definition) is 0. The highest BCUT2D eigenvalue weighted by Crippen LogP contribution is 2.16. The Hall–Kier alpha value is -2.59. The zero-order valence-corrected chi connectivity index (χ0v) is 16.3. The molecule has 0 N–H and O–H groups in total. The van der Waals surface area contributed by atoms with E-state index in [9.17, 15) is 18.0 Å². The van der Waals surface area contributed by atoms with Gasteiger partial charge in [0.05, 0.1) is 4.90 Å². The van der Waals surface area contributed by atoms with Crippen molar-refractivity contribution in [1.29, 1.82) is 0 Å². The number of sulfonamides is 1. The van der Waals surface area contributed by atoms with E-state index in [1.54, 1.807) is 0 Å². The molecule has 1 aromatic heterocycles. The molecule has 10 heteroatoms. The Morgan fingerprint density at radius 2 is 1.85 bits per heavy atom. The second-order valence-electron chi connectivity index (χ2n) is 6.20. The van der Waals surface area contributed by atoms with Crippen molar-refractivity contribution in [3.05, 3.63) is 41.5 Å². The number of Topliss-reactive ketones (excluding diaryl/α,β-unsaturated/α-hetero) is 1. The molecule has 0 unspecified atom stereocenters. The average molecular weight is 395 g/mol. The van der Waals surface area contributed by atoms with E-state index < -0.39 is 22.5 Å². The molecule has 0 aliphatic heterocycles. The van der Waals surface area contributed by atoms with Crippen LogP contribution in [0.1, 0.15) is 48.8 Å². The van der Waals surface area contributed by atoms with Crippen LogP contribution in [-0.4, -0.2) is 48.2 Å². The van der Waals surface area contributed by atoms with Crippen molar-refractivity contribution in [1.82, 2.24) is 14.4 Å². The monoisotopic (exact) mass is 395 g/mol. The van der Waals surface area contributed by atoms with Crippen molar-refractivity contribution in [3.8, 4) is 0 Å². The maximum atomic E-state index is 12.5. The van der Waals surface area contributed by atoms with E-state index in [0.717, 1.165) is 4.31 Å². The van der Waals surface area contributed by atoms with E-state index in [1.807, 2.05) is 13.8 Å². The minimum absolute atomic E-state index is 0.0266. The first-order valence-corrected chi connectivity index (χ1v) is 9.60. The smallest absolute Gasteiger partial charge is 0.321 e. The number of nitrogens with zero attached hydrogens (tertiary/aromatic N) is 3. The van der Waals surface area contributed by atoms with Gasteiger partial charge in [0.1, 0.15) is 6.54 Å². The fourth-order valence-corrected chi connectivity index (χ4v) is 3.17. The molecule has 1 heterocycles. The Balaban J connectivity index is 1.96. The third-order valence-electron chi connectivity index (χ3n) is 3.68. The van der Waals surface area contributed by atoms with Crippen LogP contribution >= 0.6 is 0 Å². The van der Waals surface area contributed by atoms with E-state index in [-0.39, 0.29) is 29.1 Å². The number of aromatic nitrogens is 2. The first-order chi connectivity index (χ1) is 12.6. The van der Waals surface area contributed by atoms with Crippen molar-refractivity contribution >= 4 is 21.8 Å². The summed E-state index contributed by atoms with van der Waals surface area (Å²) in [4.78, 5) is 27.2. The SMILES string of the molecule is CC(=O)c1ccc(S(=O)(=O)N(C)CC(=O)OCc2nc(C(C)C)no2)cc1. The van der Waals surface area contributed by atoms with Gasteiger partial charge in [-0.2, -0.15) is 9.29 Å². The van der Waals surface area contributed by atoms with Crippen molar-refractivity contribution in [2.24, 2.45) is 0 Å². The quantitative estimate of drug-likeness (QED) is 0.490. The Morgan fingerprint density at radius 3 is 2.37 bits per heavy atom. The van der Waals surface area contributed by atoms with E-state index in [2.05, 4.69) is 10.1 Å². The Kier molecular flexibility index (Phi) is 6.45. The van der Waals surface area contributed by atoms with Gasteiger partial charge in [-0.25, -0.2) is 8.42 Å². The summed E-state index contributed by atoms with van der Waals surface area (Å²) < 4.78 is 35.8. The van der Waals surface area contributed by atoms with Crippen LogP contribution in [0.5, 0.6) is 0 Å². The number of ether oxygens (including phenoxy) is 1. The molecule has 2 rings (SSSR count). The second-order valence-corrected chi connectivity index (χ2v) is 8.25. The van der Waals surface area contributed by atoms with Crippen LogP contribution in [0.25, 0.3) is 0 Å². The zero-order chi connectivity index (χ0) is 20.2. The summed E-state index contributed by atoms with van der Waals surface area (Å²) in [5, 5.41) is 3.75. The molecule has 0 spiro atoms. The third-order valence-corrected chi connectivity index (χ3v) is 5.50. The maximum Gasteiger partial charge on any atom is 0.321 e. The molecule has 146 valence electrons. The van der Waals surface area contributed by atoms with Gasteiger partial charge < -0.3 is 9.26 Å². The summed E-state index contributed by atoms with van der Waals surface area (Å²) in [5.74, 6) is -0.223. The molecule has 0 amide bonds. The number of rotatable bonds is 8. The highest BCUT2D eigenvalue weighted by molar-refractivity contribution is 7.89. The molecule has 2 aromatic rings. The van der Waals surface area contributed by atoms with Crippen molar-refractivity contribution in [2.45, 2.75) is 38.2 Å². The van der Waals surface area contributed by atoms with Crippen LogP contribution in [0.15, 0.2) is 33.7 Å². The summed E-state index contributed by atoms with van der Waals surface area (Å²) >= 11 is 0. The number of carbonyl (C=O) groups is 2. The van der Waals surface area contributed by atoms with Crippen LogP contribution < -0.4 is 0 Å². The zero-order valence-electron chi connectivity index (χ0n) is 15.5. The molecule has 0 radical (unpaired) electrons. The molecule has 27 heavy (non-hydrogen) atoms. The first kappa shape index (κ1) is 20.7. The Morgan fingerprint density at radius 1 is 1.22 bits per heavy atom. The number of hydrogen-bond acceptors (Lipinski definition) is 8. The summed E-state index contributed by atoms with van der Waals surface area (Å²) in [6, 6.07) is 5.48. The van der Waals surface area contributed by atoms with Crippen molar-refractivity contribution < 1.29 is 27.3 Å². The summed E-state index contributed by atoms with van der Waals surface area (Å²) in [7, 11) is -2.63. The number of benzene rings is 1. The van der Waals surface area contributed by atoms with E-state index in [0.29, 0.717) is 11.4 Å². The first-order valence-electron chi connectivity index (χ1n) is 8.16. The van der Waals surface area contributed by atoms with E-state index in [4.69, 9.17) is 9.26 Å². The van der Waals surface area contributed by atoms with E-state index in [1.165, 1.54) is 38.2 Å². The van der Waals surface area contributed by atoms with Crippen LogP contribution in [0.4, 0.5) is 0 Å². The average Bonchev–Trinajstić information content (AvgIpc) is 3.09. The van der Waals surface area contributed by atoms with Crippen molar-refractivity contribution in [2.75, 3.05) is 13.6 Å². The molecule has 0 aliphatic carbocycles. The number of carbonyl (C=O) groups excluding carboxylic acids is 2. The lowest BCUT2D eigenvalue weighted by Gasteiger charge is -2.16. The molecule has 0 atom stereocenters. The molecule has 0 aliphatic rings. The molecule has 0 saturated carbocycles. The van der Waals surface area contributed by atoms with Crippen molar-refractivity contribution in [3.63, 3.8) is 0 Å². The lowest BCUT2D eigenvalue weighted by atomic mass is 10.2. The molecular weight excluding hydrogens is 374 g/mol. The molecule has 9 nitrogen and oxygen atoms in total. The predicted molar refractivity (Wildman–Crippen MR) is 94.4 cm³/mol. The van der Waals surface area contributed by atoms with Gasteiger partial charge in [-0.05, 0) is 19.1 Å². The summed E-state index contributed by atoms with van der Waals surface area (Å²) in [5.41, 5.74) is 0.399. The largest absolute Gasteiger partial charge is 0.455 e. The summed E-state index contributed by atoms with van der Waals surface area (Å²) in [6.07, 6.45) is 0. The lowest BCUT2D eigenvalue weighted by molar-refractivity contribution is -0.145. The predicted octanol–water partition coefficient (Wildman–Crippen LogP) is 1.76. The minimum atomic E-state index is -3.90. The summed E-state index contributed by atoms with van der Waals surface area (Å²) in [6.45, 7) is 4.45. The Labute approximate surface area is 157 Å². The van der Waals surface area contributed by atoms with Gasteiger partial charge in [-0.15, -0.1) is 0 Å². The third kappa shape index (κ3) is 5.20. The molecule has 0 fully saturated rings. The van der Waals surface area contributed by atoms with Gasteiger partial charge in [0.25, 0.3) is 5.89 Å². The number of esters is 1. The molecular formula is C17H21N3O6S. The normalized spacial score (nSPS) is 11.8. The van der Waals surface area contributed by atoms with Gasteiger partial charge in [-0.1, -0.05) is 31.1 Å². The van der Waals surface area contributed by atoms with Gasteiger partial charge in [0.2, 0.25) is 10.0 Å². The fourth-order valence-electron chi connectivity index (χ4n) is 2.06. The molecule has 1 aromatic carbocycles. The van der Waals surface area contributed by atoms with Crippen LogP contribution in [0.2, 0.25) is 0 Å². The molecule has 0 bridgehead atoms. The standard InChI is InChI=1S/C17H21N3O6S/c1-11(2)17-18-15(26-19-17)10-25-16(22)9-20(4)27(23,24)14-7-5-13(6-8-14)12(3)21/h5-8,11H,9-10H2,1-4H3. The van der Waals surface area contributed by atoms with Gasteiger partial charge in [0.15, 0.2) is 18.2 Å². The fraction of sp³-hybridized carbons (Fsp3) is 0.412. The topological polar surface area (TPSA) is 120 Å². The highest BCUT2D eigenvalue weighted by atomic mass is 32.2. The van der Waals surface area contributed by atoms with Gasteiger partial charge >= 0.3 is 5.97 Å². The highest BCUT2D eigenvalue weighted by Gasteiger charge is 2.24. The van der Waals surface area contributed by atoms with Gasteiger partial charge in [-0.3, -0.25) is 9.59 Å². The minimum Gasteiger partial charge on any atom is -0.455 e. The van der Waals surface area contributed by atoms with E-state index >= 15 is 0 Å². The van der Waals surface area contributed by atoms with Crippen LogP contribution in [0.3, 0.4) is 0 Å².